The maximum Gasteiger partial charge on any atom is 0.408 e. The molecule has 1 saturated heterocycles. The summed E-state index contributed by atoms with van der Waals surface area (Å²) in [7, 11) is 0. The van der Waals surface area contributed by atoms with E-state index in [2.05, 4.69) is 11.4 Å². The Hall–Kier alpha value is -3.39. The largest absolute Gasteiger partial charge is 0.444 e. The number of nitrogens with one attached hydrogen (secondary N) is 1. The second kappa shape index (κ2) is 10.7. The van der Waals surface area contributed by atoms with E-state index in [1.165, 1.54) is 5.56 Å². The van der Waals surface area contributed by atoms with Crippen molar-refractivity contribution in [1.29, 1.82) is 0 Å². The Kier molecular flexibility index (Phi) is 7.64. The number of nitrogens with zero attached hydrogens (tertiary/aromatic N) is 2. The number of hydrogen-bond acceptors (Lipinski definition) is 5. The topological polar surface area (TPSA) is 88.2 Å². The van der Waals surface area contributed by atoms with Crippen molar-refractivity contribution >= 4 is 24.1 Å². The van der Waals surface area contributed by atoms with Gasteiger partial charge in [0.2, 0.25) is 12.3 Å². The number of benzene rings is 2. The van der Waals surface area contributed by atoms with E-state index in [1.54, 1.807) is 30.6 Å². The van der Waals surface area contributed by atoms with Crippen LogP contribution in [0.4, 0.5) is 10.5 Å². The molecule has 2 aromatic rings. The Balaban J connectivity index is 1.42. The molecule has 0 bridgehead atoms. The number of piperidine rings is 1. The number of carbonyl (C=O) groups is 3. The van der Waals surface area contributed by atoms with Crippen LogP contribution >= 0.6 is 0 Å². The van der Waals surface area contributed by atoms with Crippen LogP contribution in [0.3, 0.4) is 0 Å². The summed E-state index contributed by atoms with van der Waals surface area (Å²) in [5, 5.41) is 2.72. The van der Waals surface area contributed by atoms with E-state index in [4.69, 9.17) is 9.47 Å². The van der Waals surface area contributed by atoms with Gasteiger partial charge in [0.25, 0.3) is 0 Å². The monoisotopic (exact) mass is 493 g/mol. The first-order chi connectivity index (χ1) is 17.2. The number of rotatable bonds is 7. The molecular weight excluding hydrogens is 458 g/mol. The summed E-state index contributed by atoms with van der Waals surface area (Å²) in [5.74, 6) is -0.192. The van der Waals surface area contributed by atoms with Gasteiger partial charge in [0.05, 0.1) is 13.2 Å². The zero-order valence-electron chi connectivity index (χ0n) is 21.2. The maximum atomic E-state index is 13.5. The fourth-order valence-corrected chi connectivity index (χ4v) is 5.06. The van der Waals surface area contributed by atoms with E-state index in [-0.39, 0.29) is 17.9 Å². The van der Waals surface area contributed by atoms with Gasteiger partial charge in [0.15, 0.2) is 0 Å². The third kappa shape index (κ3) is 5.87. The van der Waals surface area contributed by atoms with Gasteiger partial charge >= 0.3 is 6.09 Å². The number of anilines is 1. The Morgan fingerprint density at radius 2 is 1.72 bits per heavy atom. The molecule has 2 aromatic carbocycles. The average Bonchev–Trinajstić information content (AvgIpc) is 3.16. The summed E-state index contributed by atoms with van der Waals surface area (Å²) < 4.78 is 11.2. The maximum absolute atomic E-state index is 13.5. The van der Waals surface area contributed by atoms with Crippen LogP contribution in [0.25, 0.3) is 0 Å². The molecule has 8 nitrogen and oxygen atoms in total. The van der Waals surface area contributed by atoms with Crippen LogP contribution in [0.2, 0.25) is 0 Å². The molecule has 2 aliphatic rings. The van der Waals surface area contributed by atoms with E-state index in [0.29, 0.717) is 26.2 Å². The molecule has 1 N–H and O–H groups in total. The van der Waals surface area contributed by atoms with Crippen LogP contribution in [-0.4, -0.2) is 61.2 Å². The van der Waals surface area contributed by atoms with Crippen molar-refractivity contribution in [2.75, 3.05) is 31.1 Å². The lowest BCUT2D eigenvalue weighted by Gasteiger charge is -2.40. The standard InChI is InChI=1S/C28H35N3O5/c1-27(2,3)36-26(34)29-23(18-35-17-21-9-5-4-6-10-21)25(33)30-15-13-28(14-16-30)19-31(20-32)24-12-8-7-11-22(24)28/h4-12,20,23H,13-19H2,1-3H3,(H,29,34)/t23-/m1/s1. The molecule has 0 unspecified atom stereocenters. The first kappa shape index (κ1) is 25.7. The van der Waals surface area contributed by atoms with E-state index in [9.17, 15) is 14.4 Å². The summed E-state index contributed by atoms with van der Waals surface area (Å²) in [6, 6.07) is 16.8. The van der Waals surface area contributed by atoms with Gasteiger partial charge in [-0.25, -0.2) is 4.79 Å². The molecule has 0 aliphatic carbocycles. The van der Waals surface area contributed by atoms with Gasteiger partial charge < -0.3 is 24.6 Å². The quantitative estimate of drug-likeness (QED) is 0.595. The Bertz CT molecular complexity index is 1070. The Morgan fingerprint density at radius 1 is 1.06 bits per heavy atom. The normalized spacial score (nSPS) is 17.4. The van der Waals surface area contributed by atoms with E-state index in [0.717, 1.165) is 30.5 Å². The lowest BCUT2D eigenvalue weighted by Crippen LogP contribution is -2.55. The number of carbonyl (C=O) groups excluding carboxylic acids is 3. The minimum Gasteiger partial charge on any atom is -0.444 e. The summed E-state index contributed by atoms with van der Waals surface area (Å²) >= 11 is 0. The number of amides is 3. The van der Waals surface area contributed by atoms with Crippen LogP contribution in [0.5, 0.6) is 0 Å². The van der Waals surface area contributed by atoms with Crippen LogP contribution < -0.4 is 10.2 Å². The zero-order chi connectivity index (χ0) is 25.8. The van der Waals surface area contributed by atoms with Gasteiger partial charge in [-0.05, 0) is 50.8 Å². The first-order valence-electron chi connectivity index (χ1n) is 12.4. The summed E-state index contributed by atoms with van der Waals surface area (Å²) in [5.41, 5.74) is 2.26. The molecule has 192 valence electrons. The number of fused-ring (bicyclic) bond motifs is 2. The first-order valence-corrected chi connectivity index (χ1v) is 12.4. The second-order valence-corrected chi connectivity index (χ2v) is 10.6. The predicted molar refractivity (Wildman–Crippen MR) is 137 cm³/mol. The Labute approximate surface area is 212 Å². The Morgan fingerprint density at radius 3 is 2.39 bits per heavy atom. The molecule has 1 atom stereocenters. The minimum atomic E-state index is -0.861. The molecule has 36 heavy (non-hydrogen) atoms. The van der Waals surface area contributed by atoms with Gasteiger partial charge in [0, 0.05) is 30.7 Å². The molecule has 0 radical (unpaired) electrons. The molecule has 1 spiro atoms. The molecule has 3 amide bonds. The fourth-order valence-electron chi connectivity index (χ4n) is 5.06. The fraction of sp³-hybridized carbons (Fsp3) is 0.464. The molecule has 4 rings (SSSR count). The highest BCUT2D eigenvalue weighted by molar-refractivity contribution is 5.86. The van der Waals surface area contributed by atoms with Gasteiger partial charge in [-0.15, -0.1) is 0 Å². The van der Waals surface area contributed by atoms with Crippen LogP contribution in [0.1, 0.15) is 44.7 Å². The van der Waals surface area contributed by atoms with Gasteiger partial charge in [-0.2, -0.15) is 0 Å². The SMILES string of the molecule is CC(C)(C)OC(=O)N[C@H](COCc1ccccc1)C(=O)N1CCC2(CC1)CN(C=O)c1ccccc12. The van der Waals surface area contributed by atoms with E-state index < -0.39 is 17.7 Å². The number of alkyl carbamates (subject to hydrolysis) is 1. The van der Waals surface area contributed by atoms with Crippen LogP contribution in [0.15, 0.2) is 54.6 Å². The molecule has 2 aliphatic heterocycles. The molecule has 0 aromatic heterocycles. The number of ether oxygens (including phenoxy) is 2. The molecular formula is C28H35N3O5. The average molecular weight is 494 g/mol. The molecule has 8 heteroatoms. The van der Waals surface area contributed by atoms with Gasteiger partial charge in [-0.1, -0.05) is 48.5 Å². The highest BCUT2D eigenvalue weighted by atomic mass is 16.6. The van der Waals surface area contributed by atoms with Crippen molar-refractivity contribution < 1.29 is 23.9 Å². The molecule has 2 heterocycles. The highest BCUT2D eigenvalue weighted by Gasteiger charge is 2.45. The zero-order valence-corrected chi connectivity index (χ0v) is 21.2. The third-order valence-corrected chi connectivity index (χ3v) is 6.80. The summed E-state index contributed by atoms with van der Waals surface area (Å²) in [6.07, 6.45) is 1.72. The summed E-state index contributed by atoms with van der Waals surface area (Å²) in [6.45, 7) is 7.40. The molecule has 0 saturated carbocycles. The van der Waals surface area contributed by atoms with E-state index in [1.807, 2.05) is 48.5 Å². The van der Waals surface area contributed by atoms with Crippen molar-refractivity contribution in [2.24, 2.45) is 0 Å². The number of likely N-dealkylation sites (tertiary alicyclic amines) is 1. The predicted octanol–water partition coefficient (Wildman–Crippen LogP) is 3.63. The van der Waals surface area contributed by atoms with E-state index >= 15 is 0 Å². The molecule has 1 fully saturated rings. The highest BCUT2D eigenvalue weighted by Crippen LogP contribution is 2.46. The number of para-hydroxylation sites is 1. The van der Waals surface area contributed by atoms with Crippen molar-refractivity contribution in [2.45, 2.75) is 57.3 Å². The summed E-state index contributed by atoms with van der Waals surface area (Å²) in [4.78, 5) is 41.2. The smallest absolute Gasteiger partial charge is 0.408 e. The van der Waals surface area contributed by atoms with Crippen molar-refractivity contribution in [3.05, 3.63) is 65.7 Å². The van der Waals surface area contributed by atoms with Crippen LogP contribution in [-0.2, 0) is 31.1 Å². The lowest BCUT2D eigenvalue weighted by atomic mass is 9.74. The van der Waals surface area contributed by atoms with Crippen LogP contribution in [0, 0.1) is 0 Å². The van der Waals surface area contributed by atoms with Gasteiger partial charge in [0.1, 0.15) is 11.6 Å². The minimum absolute atomic E-state index is 0.0381. The number of hydrogen-bond donors (Lipinski definition) is 1. The lowest BCUT2D eigenvalue weighted by molar-refractivity contribution is -0.136. The third-order valence-electron chi connectivity index (χ3n) is 6.80. The second-order valence-electron chi connectivity index (χ2n) is 10.6. The van der Waals surface area contributed by atoms with Crippen molar-refractivity contribution in [3.8, 4) is 0 Å². The van der Waals surface area contributed by atoms with Crippen molar-refractivity contribution in [3.63, 3.8) is 0 Å². The van der Waals surface area contributed by atoms with Gasteiger partial charge in [-0.3, -0.25) is 9.59 Å². The van der Waals surface area contributed by atoms with Crippen molar-refractivity contribution in [1.82, 2.24) is 10.2 Å².